The van der Waals surface area contributed by atoms with Crippen molar-refractivity contribution in [1.82, 2.24) is 15.0 Å². The molecular formula is C14H12ClN3S. The van der Waals surface area contributed by atoms with Crippen molar-refractivity contribution in [3.8, 4) is 11.4 Å². The highest BCUT2D eigenvalue weighted by Gasteiger charge is 2.11. The van der Waals surface area contributed by atoms with Crippen LogP contribution < -0.4 is 0 Å². The maximum atomic E-state index is 6.24. The summed E-state index contributed by atoms with van der Waals surface area (Å²) < 4.78 is 0. The zero-order valence-corrected chi connectivity index (χ0v) is 12.4. The van der Waals surface area contributed by atoms with E-state index in [9.17, 15) is 0 Å². The van der Waals surface area contributed by atoms with Crippen LogP contribution in [-0.2, 0) is 0 Å². The van der Waals surface area contributed by atoms with Crippen LogP contribution >= 0.6 is 22.9 Å². The molecule has 0 radical (unpaired) electrons. The molecule has 0 saturated carbocycles. The van der Waals surface area contributed by atoms with E-state index in [1.807, 2.05) is 39.0 Å². The molecule has 3 heterocycles. The van der Waals surface area contributed by atoms with Gasteiger partial charge >= 0.3 is 0 Å². The number of nitrogens with zero attached hydrogens (tertiary/aromatic N) is 3. The highest BCUT2D eigenvalue weighted by atomic mass is 35.5. The third-order valence-corrected chi connectivity index (χ3v) is 4.04. The van der Waals surface area contributed by atoms with Crippen molar-refractivity contribution in [1.29, 1.82) is 0 Å². The fourth-order valence-electron chi connectivity index (χ4n) is 2.10. The molecule has 0 unspecified atom stereocenters. The smallest absolute Gasteiger partial charge is 0.162 e. The van der Waals surface area contributed by atoms with Gasteiger partial charge in [-0.3, -0.25) is 4.98 Å². The number of hydrogen-bond donors (Lipinski definition) is 0. The molecule has 0 bridgehead atoms. The van der Waals surface area contributed by atoms with Gasteiger partial charge in [0, 0.05) is 27.2 Å². The molecule has 0 spiro atoms. The lowest BCUT2D eigenvalue weighted by atomic mass is 10.2. The van der Waals surface area contributed by atoms with E-state index in [4.69, 9.17) is 11.6 Å². The van der Waals surface area contributed by atoms with Gasteiger partial charge in [-0.15, -0.1) is 11.3 Å². The van der Waals surface area contributed by atoms with E-state index in [1.165, 1.54) is 4.88 Å². The topological polar surface area (TPSA) is 38.7 Å². The number of rotatable bonds is 1. The van der Waals surface area contributed by atoms with Gasteiger partial charge in [0.1, 0.15) is 9.98 Å². The molecule has 3 aromatic heterocycles. The van der Waals surface area contributed by atoms with Gasteiger partial charge in [0.25, 0.3) is 0 Å². The summed E-state index contributed by atoms with van der Waals surface area (Å²) in [5.41, 5.74) is 2.87. The van der Waals surface area contributed by atoms with Crippen LogP contribution in [0.5, 0.6) is 0 Å². The van der Waals surface area contributed by atoms with Crippen molar-refractivity contribution in [3.63, 3.8) is 0 Å². The normalized spacial score (nSPS) is 11.2. The van der Waals surface area contributed by atoms with Crippen molar-refractivity contribution >= 4 is 33.2 Å². The number of pyridine rings is 1. The van der Waals surface area contributed by atoms with E-state index >= 15 is 0 Å². The standard InChI is InChI=1S/C14H12ClN3S/c1-7-4-10(5-8(2)16-7)13-17-12(15)11-6-9(3)19-14(11)18-13/h4-6H,1-3H3. The van der Waals surface area contributed by atoms with Gasteiger partial charge in [0.05, 0.1) is 0 Å². The van der Waals surface area contributed by atoms with Crippen molar-refractivity contribution in [2.45, 2.75) is 20.8 Å². The fourth-order valence-corrected chi connectivity index (χ4v) is 3.26. The summed E-state index contributed by atoms with van der Waals surface area (Å²) in [6.45, 7) is 5.97. The SMILES string of the molecule is Cc1cc(-c2nc(Cl)c3cc(C)sc3n2)cc(C)n1. The number of aryl methyl sites for hydroxylation is 3. The van der Waals surface area contributed by atoms with Gasteiger partial charge in [-0.2, -0.15) is 0 Å². The Balaban J connectivity index is 2.24. The summed E-state index contributed by atoms with van der Waals surface area (Å²) in [4.78, 5) is 15.5. The van der Waals surface area contributed by atoms with Crippen LogP contribution in [0.4, 0.5) is 0 Å². The number of aromatic nitrogens is 3. The first-order valence-electron chi connectivity index (χ1n) is 5.92. The molecule has 0 fully saturated rings. The number of thiophene rings is 1. The number of hydrogen-bond acceptors (Lipinski definition) is 4. The Hall–Kier alpha value is -1.52. The molecule has 19 heavy (non-hydrogen) atoms. The molecule has 0 N–H and O–H groups in total. The van der Waals surface area contributed by atoms with Crippen LogP contribution in [0.3, 0.4) is 0 Å². The molecule has 0 aliphatic carbocycles. The third kappa shape index (κ3) is 2.33. The number of fused-ring (bicyclic) bond motifs is 1. The minimum absolute atomic E-state index is 0.511. The molecule has 3 aromatic rings. The first-order valence-corrected chi connectivity index (χ1v) is 7.12. The summed E-state index contributed by atoms with van der Waals surface area (Å²) in [5.74, 6) is 0.660. The average Bonchev–Trinajstić information content (AvgIpc) is 2.69. The number of halogens is 1. The summed E-state index contributed by atoms with van der Waals surface area (Å²) in [7, 11) is 0. The van der Waals surface area contributed by atoms with Gasteiger partial charge in [-0.1, -0.05) is 11.6 Å². The van der Waals surface area contributed by atoms with E-state index in [0.29, 0.717) is 11.0 Å². The summed E-state index contributed by atoms with van der Waals surface area (Å²) in [6, 6.07) is 5.98. The maximum Gasteiger partial charge on any atom is 0.162 e. The molecule has 0 saturated heterocycles. The Morgan fingerprint density at radius 2 is 1.63 bits per heavy atom. The molecule has 3 rings (SSSR count). The first-order chi connectivity index (χ1) is 9.02. The molecule has 0 aliphatic rings. The lowest BCUT2D eigenvalue weighted by Gasteiger charge is -2.04. The second kappa shape index (κ2) is 4.54. The Bertz CT molecular complexity index is 759. The van der Waals surface area contributed by atoms with E-state index in [2.05, 4.69) is 15.0 Å². The second-order valence-electron chi connectivity index (χ2n) is 4.55. The molecule has 0 aromatic carbocycles. The van der Waals surface area contributed by atoms with Gasteiger partial charge in [0.2, 0.25) is 0 Å². The Kier molecular flexibility index (Phi) is 2.99. The van der Waals surface area contributed by atoms with Gasteiger partial charge in [0.15, 0.2) is 5.82 Å². The Morgan fingerprint density at radius 1 is 0.947 bits per heavy atom. The van der Waals surface area contributed by atoms with Crippen LogP contribution in [0.15, 0.2) is 18.2 Å². The maximum absolute atomic E-state index is 6.24. The van der Waals surface area contributed by atoms with Crippen molar-refractivity contribution in [2.75, 3.05) is 0 Å². The average molecular weight is 290 g/mol. The van der Waals surface area contributed by atoms with Crippen LogP contribution in [0, 0.1) is 20.8 Å². The molecule has 0 amide bonds. The largest absolute Gasteiger partial charge is 0.258 e. The van der Waals surface area contributed by atoms with Crippen molar-refractivity contribution < 1.29 is 0 Å². The lowest BCUT2D eigenvalue weighted by molar-refractivity contribution is 1.11. The Labute approximate surface area is 120 Å². The molecular weight excluding hydrogens is 278 g/mol. The van der Waals surface area contributed by atoms with Crippen molar-refractivity contribution in [3.05, 3.63) is 39.6 Å². The van der Waals surface area contributed by atoms with Crippen molar-refractivity contribution in [2.24, 2.45) is 0 Å². The van der Waals surface area contributed by atoms with Crippen LogP contribution in [0.2, 0.25) is 5.15 Å². The molecule has 0 aliphatic heterocycles. The van der Waals surface area contributed by atoms with Crippen LogP contribution in [0.25, 0.3) is 21.6 Å². The predicted molar refractivity (Wildman–Crippen MR) is 79.9 cm³/mol. The first kappa shape index (κ1) is 12.5. The molecule has 3 nitrogen and oxygen atoms in total. The van der Waals surface area contributed by atoms with Gasteiger partial charge in [-0.25, -0.2) is 9.97 Å². The summed E-state index contributed by atoms with van der Waals surface area (Å²) in [6.07, 6.45) is 0. The minimum atomic E-state index is 0.511. The molecule has 0 atom stereocenters. The van der Waals surface area contributed by atoms with Crippen LogP contribution in [-0.4, -0.2) is 15.0 Å². The molecule has 5 heteroatoms. The monoisotopic (exact) mass is 289 g/mol. The molecule has 96 valence electrons. The predicted octanol–water partition coefficient (Wildman–Crippen LogP) is 4.33. The summed E-state index contributed by atoms with van der Waals surface area (Å²) in [5, 5.41) is 1.44. The minimum Gasteiger partial charge on any atom is -0.258 e. The lowest BCUT2D eigenvalue weighted by Crippen LogP contribution is -1.93. The van der Waals surface area contributed by atoms with Gasteiger partial charge < -0.3 is 0 Å². The highest BCUT2D eigenvalue weighted by Crippen LogP contribution is 2.30. The van der Waals surface area contributed by atoms with E-state index in [0.717, 1.165) is 27.2 Å². The van der Waals surface area contributed by atoms with E-state index in [1.54, 1.807) is 11.3 Å². The quantitative estimate of drug-likeness (QED) is 0.626. The second-order valence-corrected chi connectivity index (χ2v) is 6.15. The highest BCUT2D eigenvalue weighted by molar-refractivity contribution is 7.18. The summed E-state index contributed by atoms with van der Waals surface area (Å²) >= 11 is 7.88. The zero-order valence-electron chi connectivity index (χ0n) is 10.9. The van der Waals surface area contributed by atoms with E-state index < -0.39 is 0 Å². The Morgan fingerprint density at radius 3 is 2.32 bits per heavy atom. The third-order valence-electron chi connectivity index (χ3n) is 2.81. The van der Waals surface area contributed by atoms with E-state index in [-0.39, 0.29) is 0 Å². The van der Waals surface area contributed by atoms with Crippen LogP contribution in [0.1, 0.15) is 16.3 Å². The van der Waals surface area contributed by atoms with Gasteiger partial charge in [-0.05, 0) is 39.0 Å². The zero-order chi connectivity index (χ0) is 13.6. The fraction of sp³-hybridized carbons (Fsp3) is 0.214.